The second kappa shape index (κ2) is 64.4. The molecule has 440 valence electrons. The summed E-state index contributed by atoms with van der Waals surface area (Å²) in [5, 5.41) is 0. The smallest absolute Gasteiger partial charge is 0.306 e. The zero-order chi connectivity index (χ0) is 55.0. The van der Waals surface area contributed by atoms with Gasteiger partial charge in [0.15, 0.2) is 6.10 Å². The van der Waals surface area contributed by atoms with Gasteiger partial charge in [-0.1, -0.05) is 299 Å². The molecule has 0 bridgehead atoms. The van der Waals surface area contributed by atoms with Crippen LogP contribution in [0.2, 0.25) is 0 Å². The standard InChI is InChI=1S/C70H124O6/c1-4-7-10-13-16-19-22-25-27-29-31-33-34-35-36-38-39-41-43-45-48-51-54-57-60-63-69(72)75-66-67(65-74-68(71)62-59-56-53-50-47-24-21-18-15-12-9-6-3)76-70(73)64-61-58-55-52-49-46-44-42-40-37-32-30-28-26-23-20-17-14-11-8-5-2/h7,10,16,19,23,25-27,30-33,67H,4-6,8-9,11-15,17-18,20-22,24,28-29,34-66H2,1-3H3/b10-7-,19-16-,26-23-,27-25-,32-30-,33-31-. The van der Waals surface area contributed by atoms with Gasteiger partial charge < -0.3 is 14.2 Å². The molecule has 0 aromatic heterocycles. The number of unbranched alkanes of at least 4 members (excludes halogenated alkanes) is 37. The summed E-state index contributed by atoms with van der Waals surface area (Å²) in [5.41, 5.74) is 0. The van der Waals surface area contributed by atoms with Crippen LogP contribution in [0.1, 0.15) is 335 Å². The first-order valence-corrected chi connectivity index (χ1v) is 32.9. The summed E-state index contributed by atoms with van der Waals surface area (Å²) < 4.78 is 16.9. The van der Waals surface area contributed by atoms with Crippen LogP contribution in [0.5, 0.6) is 0 Å². The first-order valence-electron chi connectivity index (χ1n) is 32.9. The molecule has 1 unspecified atom stereocenters. The van der Waals surface area contributed by atoms with E-state index in [1.807, 2.05) is 0 Å². The third-order valence-corrected chi connectivity index (χ3v) is 14.4. The molecule has 6 heteroatoms. The van der Waals surface area contributed by atoms with Crippen LogP contribution in [0, 0.1) is 0 Å². The Balaban J connectivity index is 4.28. The van der Waals surface area contributed by atoms with E-state index in [0.29, 0.717) is 19.3 Å². The van der Waals surface area contributed by atoms with Crippen molar-refractivity contribution in [3.05, 3.63) is 72.9 Å². The van der Waals surface area contributed by atoms with Gasteiger partial charge in [0, 0.05) is 19.3 Å². The number of rotatable bonds is 60. The van der Waals surface area contributed by atoms with Gasteiger partial charge >= 0.3 is 17.9 Å². The topological polar surface area (TPSA) is 78.9 Å². The summed E-state index contributed by atoms with van der Waals surface area (Å²) in [4.78, 5) is 38.3. The van der Waals surface area contributed by atoms with Crippen molar-refractivity contribution < 1.29 is 28.6 Å². The normalized spacial score (nSPS) is 12.5. The van der Waals surface area contributed by atoms with E-state index >= 15 is 0 Å². The van der Waals surface area contributed by atoms with Gasteiger partial charge in [-0.2, -0.15) is 0 Å². The lowest BCUT2D eigenvalue weighted by atomic mass is 10.0. The summed E-state index contributed by atoms with van der Waals surface area (Å²) in [7, 11) is 0. The predicted octanol–water partition coefficient (Wildman–Crippen LogP) is 22.5. The van der Waals surface area contributed by atoms with Crippen molar-refractivity contribution in [1.82, 2.24) is 0 Å². The molecular weight excluding hydrogens is 937 g/mol. The summed E-state index contributed by atoms with van der Waals surface area (Å²) in [6.45, 7) is 6.55. The molecule has 1 atom stereocenters. The Morgan fingerprint density at radius 3 is 0.803 bits per heavy atom. The third kappa shape index (κ3) is 61.7. The Bertz CT molecular complexity index is 1400. The van der Waals surface area contributed by atoms with Crippen LogP contribution in [0.3, 0.4) is 0 Å². The largest absolute Gasteiger partial charge is 0.462 e. The fourth-order valence-corrected chi connectivity index (χ4v) is 9.53. The average Bonchev–Trinajstić information content (AvgIpc) is 3.42. The monoisotopic (exact) mass is 1060 g/mol. The van der Waals surface area contributed by atoms with Gasteiger partial charge in [0.05, 0.1) is 0 Å². The molecule has 0 fully saturated rings. The lowest BCUT2D eigenvalue weighted by molar-refractivity contribution is -0.167. The molecule has 0 amide bonds. The maximum absolute atomic E-state index is 12.9. The molecule has 0 spiro atoms. The van der Waals surface area contributed by atoms with Gasteiger partial charge in [0.25, 0.3) is 0 Å². The third-order valence-electron chi connectivity index (χ3n) is 14.4. The Morgan fingerprint density at radius 2 is 0.513 bits per heavy atom. The minimum atomic E-state index is -0.777. The Morgan fingerprint density at radius 1 is 0.276 bits per heavy atom. The summed E-state index contributed by atoms with van der Waals surface area (Å²) in [6, 6.07) is 0. The van der Waals surface area contributed by atoms with E-state index in [9.17, 15) is 14.4 Å². The van der Waals surface area contributed by atoms with Crippen LogP contribution >= 0.6 is 0 Å². The van der Waals surface area contributed by atoms with Crippen molar-refractivity contribution in [1.29, 1.82) is 0 Å². The van der Waals surface area contributed by atoms with Gasteiger partial charge in [0.1, 0.15) is 13.2 Å². The number of carbonyl (C=O) groups is 3. The van der Waals surface area contributed by atoms with Gasteiger partial charge in [0.2, 0.25) is 0 Å². The predicted molar refractivity (Wildman–Crippen MR) is 330 cm³/mol. The highest BCUT2D eigenvalue weighted by atomic mass is 16.6. The van der Waals surface area contributed by atoms with Crippen molar-refractivity contribution in [3.8, 4) is 0 Å². The average molecular weight is 1060 g/mol. The first-order chi connectivity index (χ1) is 37.5. The fourth-order valence-electron chi connectivity index (χ4n) is 9.53. The molecular formula is C70H124O6. The van der Waals surface area contributed by atoms with Crippen molar-refractivity contribution >= 4 is 17.9 Å². The second-order valence-electron chi connectivity index (χ2n) is 22.0. The lowest BCUT2D eigenvalue weighted by Gasteiger charge is -2.18. The second-order valence-corrected chi connectivity index (χ2v) is 22.0. The minimum absolute atomic E-state index is 0.0737. The molecule has 76 heavy (non-hydrogen) atoms. The molecule has 0 aliphatic heterocycles. The van der Waals surface area contributed by atoms with Crippen molar-refractivity contribution in [3.63, 3.8) is 0 Å². The molecule has 0 saturated carbocycles. The number of ether oxygens (including phenoxy) is 3. The maximum Gasteiger partial charge on any atom is 0.306 e. The molecule has 6 nitrogen and oxygen atoms in total. The van der Waals surface area contributed by atoms with Crippen LogP contribution in [0.15, 0.2) is 72.9 Å². The molecule has 0 aliphatic carbocycles. The van der Waals surface area contributed by atoms with E-state index in [4.69, 9.17) is 14.2 Å². The van der Waals surface area contributed by atoms with E-state index in [-0.39, 0.29) is 31.1 Å². The first kappa shape index (κ1) is 72.8. The molecule has 0 aromatic carbocycles. The highest BCUT2D eigenvalue weighted by molar-refractivity contribution is 5.71. The summed E-state index contributed by atoms with van der Waals surface area (Å²) in [5.74, 6) is -0.863. The number of hydrogen-bond acceptors (Lipinski definition) is 6. The van der Waals surface area contributed by atoms with Crippen molar-refractivity contribution in [2.45, 2.75) is 341 Å². The van der Waals surface area contributed by atoms with E-state index in [2.05, 4.69) is 93.7 Å². The number of hydrogen-bond donors (Lipinski definition) is 0. The molecule has 0 saturated heterocycles. The van der Waals surface area contributed by atoms with Crippen LogP contribution in [-0.4, -0.2) is 37.2 Å². The van der Waals surface area contributed by atoms with E-state index < -0.39 is 6.10 Å². The van der Waals surface area contributed by atoms with Crippen LogP contribution in [-0.2, 0) is 28.6 Å². The van der Waals surface area contributed by atoms with E-state index in [1.165, 1.54) is 205 Å². The highest BCUT2D eigenvalue weighted by Gasteiger charge is 2.19. The van der Waals surface area contributed by atoms with Gasteiger partial charge in [-0.15, -0.1) is 0 Å². The zero-order valence-corrected chi connectivity index (χ0v) is 50.5. The number of esters is 3. The Kier molecular flexibility index (Phi) is 61.7. The quantitative estimate of drug-likeness (QED) is 0.0261. The van der Waals surface area contributed by atoms with E-state index in [1.54, 1.807) is 0 Å². The summed E-state index contributed by atoms with van der Waals surface area (Å²) >= 11 is 0. The maximum atomic E-state index is 12.9. The van der Waals surface area contributed by atoms with Gasteiger partial charge in [-0.25, -0.2) is 0 Å². The van der Waals surface area contributed by atoms with Crippen molar-refractivity contribution in [2.75, 3.05) is 13.2 Å². The molecule has 0 radical (unpaired) electrons. The molecule has 0 N–H and O–H groups in total. The molecule has 0 heterocycles. The Hall–Kier alpha value is -3.15. The number of allylic oxidation sites excluding steroid dienone is 12. The van der Waals surface area contributed by atoms with Gasteiger partial charge in [-0.3, -0.25) is 14.4 Å². The highest BCUT2D eigenvalue weighted by Crippen LogP contribution is 2.17. The lowest BCUT2D eigenvalue weighted by Crippen LogP contribution is -2.30. The summed E-state index contributed by atoms with van der Waals surface area (Å²) in [6.07, 6.45) is 83.4. The van der Waals surface area contributed by atoms with Crippen LogP contribution in [0.4, 0.5) is 0 Å². The number of carbonyl (C=O) groups excluding carboxylic acids is 3. The molecule has 0 rings (SSSR count). The molecule has 0 aliphatic rings. The van der Waals surface area contributed by atoms with E-state index in [0.717, 1.165) is 89.9 Å². The van der Waals surface area contributed by atoms with Crippen molar-refractivity contribution in [2.24, 2.45) is 0 Å². The van der Waals surface area contributed by atoms with Crippen LogP contribution in [0.25, 0.3) is 0 Å². The minimum Gasteiger partial charge on any atom is -0.462 e. The fraction of sp³-hybridized carbons (Fsp3) is 0.786. The van der Waals surface area contributed by atoms with Gasteiger partial charge in [-0.05, 0) is 89.9 Å². The molecule has 0 aromatic rings. The Labute approximate surface area is 472 Å². The SMILES string of the molecule is CC/C=C\C/C=C\C/C=C\C/C=C\CCCCCCCCCCCCCCC(=O)OCC(COC(=O)CCCCCCCCCCCCCC)OC(=O)CCCCCCCCCCC/C=C\C/C=C\CCCCCCC. The van der Waals surface area contributed by atoms with Crippen LogP contribution < -0.4 is 0 Å². The zero-order valence-electron chi connectivity index (χ0n) is 50.5.